The Hall–Kier alpha value is -2.23. The van der Waals surface area contributed by atoms with Crippen LogP contribution in [0.5, 0.6) is 0 Å². The third-order valence-corrected chi connectivity index (χ3v) is 3.53. The summed E-state index contributed by atoms with van der Waals surface area (Å²) in [5.74, 6) is 0.911. The van der Waals surface area contributed by atoms with Gasteiger partial charge in [0, 0.05) is 17.3 Å². The molecular weight excluding hydrogens is 264 g/mol. The molecule has 0 unspecified atom stereocenters. The van der Waals surface area contributed by atoms with E-state index in [4.69, 9.17) is 0 Å². The molecule has 0 spiro atoms. The summed E-state index contributed by atoms with van der Waals surface area (Å²) in [6, 6.07) is 9.00. The lowest BCUT2D eigenvalue weighted by molar-refractivity contribution is 0.0969. The van der Waals surface area contributed by atoms with Crippen LogP contribution in [0.15, 0.2) is 35.1 Å². The number of rotatable bonds is 4. The van der Waals surface area contributed by atoms with Crippen LogP contribution < -0.4 is 5.56 Å². The summed E-state index contributed by atoms with van der Waals surface area (Å²) in [5, 5.41) is 0. The molecular formula is C17H20N2O2. The molecule has 0 bridgehead atoms. The highest BCUT2D eigenvalue weighted by Gasteiger charge is 2.11. The molecule has 0 aliphatic rings. The van der Waals surface area contributed by atoms with E-state index in [-0.39, 0.29) is 17.9 Å². The van der Waals surface area contributed by atoms with Crippen molar-refractivity contribution in [2.24, 2.45) is 0 Å². The van der Waals surface area contributed by atoms with Gasteiger partial charge in [-0.3, -0.25) is 14.2 Å². The Bertz CT molecular complexity index is 713. The highest BCUT2D eigenvalue weighted by Crippen LogP contribution is 2.15. The molecule has 0 N–H and O–H groups in total. The molecule has 4 nitrogen and oxygen atoms in total. The monoisotopic (exact) mass is 284 g/mol. The summed E-state index contributed by atoms with van der Waals surface area (Å²) >= 11 is 0. The maximum Gasteiger partial charge on any atom is 0.254 e. The second-order valence-corrected chi connectivity index (χ2v) is 5.57. The molecule has 0 amide bonds. The van der Waals surface area contributed by atoms with Gasteiger partial charge in [-0.15, -0.1) is 0 Å². The highest BCUT2D eigenvalue weighted by molar-refractivity contribution is 5.95. The van der Waals surface area contributed by atoms with Crippen LogP contribution in [-0.4, -0.2) is 15.3 Å². The average Bonchev–Trinajstić information content (AvgIpc) is 2.42. The maximum absolute atomic E-state index is 12.3. The summed E-state index contributed by atoms with van der Waals surface area (Å²) in [6.45, 7) is 7.75. The van der Waals surface area contributed by atoms with Crippen LogP contribution in [0.1, 0.15) is 47.2 Å². The zero-order chi connectivity index (χ0) is 15.6. The molecule has 0 radical (unpaired) electrons. The number of benzene rings is 1. The minimum absolute atomic E-state index is 0.0268. The minimum atomic E-state index is -0.188. The number of ketones is 1. The summed E-state index contributed by atoms with van der Waals surface area (Å²) in [7, 11) is 0. The van der Waals surface area contributed by atoms with Crippen molar-refractivity contribution < 1.29 is 4.79 Å². The highest BCUT2D eigenvalue weighted by atomic mass is 16.1. The van der Waals surface area contributed by atoms with E-state index in [9.17, 15) is 9.59 Å². The number of Topliss-reactive ketones (excluding diaryl/α,β-unsaturated/α-hetero) is 1. The Kier molecular flexibility index (Phi) is 4.36. The van der Waals surface area contributed by atoms with Crippen molar-refractivity contribution in [3.63, 3.8) is 0 Å². The quantitative estimate of drug-likeness (QED) is 0.811. The molecule has 1 aromatic heterocycles. The number of aryl methyl sites for hydroxylation is 2. The fourth-order valence-corrected chi connectivity index (χ4v) is 2.25. The molecule has 2 rings (SSSR count). The molecule has 0 atom stereocenters. The lowest BCUT2D eigenvalue weighted by Crippen LogP contribution is -2.27. The number of nitrogens with zero attached hydrogens (tertiary/aromatic N) is 2. The normalized spacial score (nSPS) is 10.9. The van der Waals surface area contributed by atoms with E-state index >= 15 is 0 Å². The Labute approximate surface area is 124 Å². The van der Waals surface area contributed by atoms with Crippen molar-refractivity contribution in [2.75, 3.05) is 0 Å². The van der Waals surface area contributed by atoms with Crippen molar-refractivity contribution in [3.8, 4) is 0 Å². The number of aromatic nitrogens is 2. The first-order valence-electron chi connectivity index (χ1n) is 7.06. The lowest BCUT2D eigenvalue weighted by Gasteiger charge is -2.10. The smallest absolute Gasteiger partial charge is 0.254 e. The largest absolute Gasteiger partial charge is 0.292 e. The first kappa shape index (κ1) is 15.2. The fraction of sp³-hybridized carbons (Fsp3) is 0.353. The maximum atomic E-state index is 12.3. The van der Waals surface area contributed by atoms with Gasteiger partial charge in [-0.25, -0.2) is 4.98 Å². The van der Waals surface area contributed by atoms with Crippen molar-refractivity contribution >= 4 is 5.78 Å². The van der Waals surface area contributed by atoms with E-state index in [2.05, 4.69) is 18.8 Å². The molecule has 2 aromatic rings. The molecule has 4 heteroatoms. The van der Waals surface area contributed by atoms with Gasteiger partial charge < -0.3 is 0 Å². The van der Waals surface area contributed by atoms with Gasteiger partial charge >= 0.3 is 0 Å². The molecule has 1 aromatic carbocycles. The number of hydrogen-bond donors (Lipinski definition) is 0. The van der Waals surface area contributed by atoms with Gasteiger partial charge in [-0.2, -0.15) is 0 Å². The third-order valence-electron chi connectivity index (χ3n) is 3.53. The zero-order valence-electron chi connectivity index (χ0n) is 12.9. The molecule has 110 valence electrons. The van der Waals surface area contributed by atoms with E-state index in [1.54, 1.807) is 13.8 Å². The first-order valence-corrected chi connectivity index (χ1v) is 7.06. The van der Waals surface area contributed by atoms with E-state index in [0.29, 0.717) is 23.0 Å². The Morgan fingerprint density at radius 2 is 1.81 bits per heavy atom. The molecule has 21 heavy (non-hydrogen) atoms. The molecule has 0 fully saturated rings. The van der Waals surface area contributed by atoms with E-state index in [0.717, 1.165) is 0 Å². The van der Waals surface area contributed by atoms with Gasteiger partial charge in [-0.05, 0) is 25.3 Å². The summed E-state index contributed by atoms with van der Waals surface area (Å²) in [4.78, 5) is 28.5. The number of carbonyl (C=O) groups excluding carboxylic acids is 1. The summed E-state index contributed by atoms with van der Waals surface area (Å²) < 4.78 is 1.41. The predicted octanol–water partition coefficient (Wildman–Crippen LogP) is 2.87. The summed E-state index contributed by atoms with van der Waals surface area (Å²) in [5.41, 5.74) is 2.29. The average molecular weight is 284 g/mol. The van der Waals surface area contributed by atoms with Gasteiger partial charge in [0.2, 0.25) is 0 Å². The van der Waals surface area contributed by atoms with Crippen molar-refractivity contribution in [1.82, 2.24) is 9.55 Å². The molecule has 0 aliphatic carbocycles. The van der Waals surface area contributed by atoms with Crippen LogP contribution in [0.25, 0.3) is 0 Å². The Morgan fingerprint density at radius 3 is 2.33 bits per heavy atom. The predicted molar refractivity (Wildman–Crippen MR) is 82.8 cm³/mol. The van der Waals surface area contributed by atoms with Gasteiger partial charge in [-0.1, -0.05) is 38.1 Å². The molecule has 0 saturated carbocycles. The fourth-order valence-electron chi connectivity index (χ4n) is 2.25. The van der Waals surface area contributed by atoms with Crippen molar-refractivity contribution in [2.45, 2.75) is 40.2 Å². The van der Waals surface area contributed by atoms with E-state index in [1.807, 2.05) is 24.3 Å². The van der Waals surface area contributed by atoms with Gasteiger partial charge in [0.05, 0.1) is 6.54 Å². The number of carbonyl (C=O) groups is 1. The molecule has 1 heterocycles. The van der Waals surface area contributed by atoms with E-state index < -0.39 is 0 Å². The van der Waals surface area contributed by atoms with Gasteiger partial charge in [0.15, 0.2) is 5.78 Å². The lowest BCUT2D eigenvalue weighted by atomic mass is 10.0. The SMILES string of the molecule is Cc1cc(=O)n(CC(=O)c2ccc(C(C)C)cc2)c(C)n1. The second-order valence-electron chi connectivity index (χ2n) is 5.57. The van der Waals surface area contributed by atoms with Gasteiger partial charge in [0.1, 0.15) is 5.82 Å². The Morgan fingerprint density at radius 1 is 1.19 bits per heavy atom. The van der Waals surface area contributed by atoms with Crippen molar-refractivity contribution in [1.29, 1.82) is 0 Å². The summed E-state index contributed by atoms with van der Waals surface area (Å²) in [6.07, 6.45) is 0. The van der Waals surface area contributed by atoms with Crippen LogP contribution in [-0.2, 0) is 6.54 Å². The van der Waals surface area contributed by atoms with E-state index in [1.165, 1.54) is 16.2 Å². The third kappa shape index (κ3) is 3.45. The molecule has 0 saturated heterocycles. The van der Waals surface area contributed by atoms with Crippen LogP contribution in [0.3, 0.4) is 0 Å². The second kappa shape index (κ2) is 6.04. The zero-order valence-corrected chi connectivity index (χ0v) is 12.9. The topological polar surface area (TPSA) is 52.0 Å². The van der Waals surface area contributed by atoms with Crippen LogP contribution in [0.2, 0.25) is 0 Å². The molecule has 0 aliphatic heterocycles. The first-order chi connectivity index (χ1) is 9.88. The number of hydrogen-bond acceptors (Lipinski definition) is 3. The van der Waals surface area contributed by atoms with Crippen LogP contribution in [0, 0.1) is 13.8 Å². The minimum Gasteiger partial charge on any atom is -0.292 e. The van der Waals surface area contributed by atoms with Gasteiger partial charge in [0.25, 0.3) is 5.56 Å². The van der Waals surface area contributed by atoms with Crippen molar-refractivity contribution in [3.05, 3.63) is 63.3 Å². The Balaban J connectivity index is 2.24. The van der Waals surface area contributed by atoms with Crippen LogP contribution in [0.4, 0.5) is 0 Å². The standard InChI is InChI=1S/C17H20N2O2/c1-11(2)14-5-7-15(8-6-14)16(20)10-19-13(4)18-12(3)9-17(19)21/h5-9,11H,10H2,1-4H3. The van der Waals surface area contributed by atoms with Crippen LogP contribution >= 0.6 is 0 Å².